The van der Waals surface area contributed by atoms with E-state index in [1.807, 2.05) is 18.2 Å². The highest BCUT2D eigenvalue weighted by Gasteiger charge is 2.52. The number of carbonyl (C=O) groups is 1. The molecule has 1 unspecified atom stereocenters. The molecular weight excluding hydrogens is 456 g/mol. The molecule has 0 aromatic heterocycles. The molecule has 192 valence electrons. The van der Waals surface area contributed by atoms with Crippen LogP contribution in [-0.2, 0) is 19.6 Å². The monoisotopic (exact) mass is 492 g/mol. The van der Waals surface area contributed by atoms with E-state index in [0.29, 0.717) is 24.3 Å². The summed E-state index contributed by atoms with van der Waals surface area (Å²) in [5.41, 5.74) is 2.54. The standard InChI is InChI=1S/C30H36O6/c1-33-11-12-34-20-36-28-16-25(27(31)9-10-35-29(32)24-5-3-2-4-6-24)7-8-26(28)30-17-21-13-22(18-30)15-23(14-21)19-30/h2-10,16,21-23,27,31H,11-15,17-20H2,1H3. The van der Waals surface area contributed by atoms with Gasteiger partial charge in [-0.2, -0.15) is 0 Å². The quantitative estimate of drug-likeness (QED) is 0.192. The zero-order valence-electron chi connectivity index (χ0n) is 20.9. The maximum Gasteiger partial charge on any atom is 0.342 e. The number of hydrogen-bond acceptors (Lipinski definition) is 6. The van der Waals surface area contributed by atoms with Crippen molar-refractivity contribution in [2.75, 3.05) is 27.1 Å². The Morgan fingerprint density at radius 3 is 2.39 bits per heavy atom. The van der Waals surface area contributed by atoms with Crippen LogP contribution >= 0.6 is 0 Å². The van der Waals surface area contributed by atoms with Gasteiger partial charge >= 0.3 is 5.97 Å². The van der Waals surface area contributed by atoms with E-state index < -0.39 is 12.1 Å². The highest BCUT2D eigenvalue weighted by molar-refractivity contribution is 5.89. The van der Waals surface area contributed by atoms with Gasteiger partial charge in [0.25, 0.3) is 0 Å². The summed E-state index contributed by atoms with van der Waals surface area (Å²) in [6.45, 7) is 1.10. The molecule has 0 radical (unpaired) electrons. The number of esters is 1. The Hall–Kier alpha value is -2.67. The lowest BCUT2D eigenvalue weighted by atomic mass is 9.48. The van der Waals surface area contributed by atoms with Crippen molar-refractivity contribution in [3.63, 3.8) is 0 Å². The molecule has 0 aliphatic heterocycles. The van der Waals surface area contributed by atoms with Crippen LogP contribution < -0.4 is 4.74 Å². The van der Waals surface area contributed by atoms with E-state index in [4.69, 9.17) is 18.9 Å². The lowest BCUT2D eigenvalue weighted by molar-refractivity contribution is -0.0190. The molecule has 0 amide bonds. The van der Waals surface area contributed by atoms with Gasteiger partial charge in [-0.1, -0.05) is 30.3 Å². The zero-order valence-corrected chi connectivity index (χ0v) is 20.9. The van der Waals surface area contributed by atoms with Crippen LogP contribution in [0.1, 0.15) is 66.1 Å². The fraction of sp³-hybridized carbons (Fsp3) is 0.500. The van der Waals surface area contributed by atoms with Crippen molar-refractivity contribution in [2.24, 2.45) is 17.8 Å². The molecule has 0 heterocycles. The molecule has 0 saturated heterocycles. The number of methoxy groups -OCH3 is 1. The first kappa shape index (κ1) is 25.0. The van der Waals surface area contributed by atoms with E-state index >= 15 is 0 Å². The van der Waals surface area contributed by atoms with Crippen molar-refractivity contribution >= 4 is 5.97 Å². The highest BCUT2D eigenvalue weighted by Crippen LogP contribution is 2.62. The van der Waals surface area contributed by atoms with Gasteiger partial charge in [0, 0.05) is 12.7 Å². The average Bonchev–Trinajstić information content (AvgIpc) is 2.88. The lowest BCUT2D eigenvalue weighted by Gasteiger charge is -2.57. The molecule has 6 nitrogen and oxygen atoms in total. The molecule has 1 atom stereocenters. The number of aliphatic hydroxyl groups is 1. The van der Waals surface area contributed by atoms with E-state index in [9.17, 15) is 9.90 Å². The Bertz CT molecular complexity index is 1030. The van der Waals surface area contributed by atoms with Crippen molar-refractivity contribution in [3.8, 4) is 5.75 Å². The summed E-state index contributed by atoms with van der Waals surface area (Å²) in [6, 6.07) is 14.8. The second-order valence-electron chi connectivity index (χ2n) is 10.7. The summed E-state index contributed by atoms with van der Waals surface area (Å²) in [5, 5.41) is 10.8. The van der Waals surface area contributed by atoms with Gasteiger partial charge in [-0.15, -0.1) is 0 Å². The van der Waals surface area contributed by atoms with Gasteiger partial charge in [-0.05, 0) is 91.5 Å². The first-order chi connectivity index (χ1) is 17.6. The summed E-state index contributed by atoms with van der Waals surface area (Å²) in [5.74, 6) is 2.76. The summed E-state index contributed by atoms with van der Waals surface area (Å²) >= 11 is 0. The van der Waals surface area contributed by atoms with E-state index in [1.54, 1.807) is 31.4 Å². The minimum Gasteiger partial charge on any atom is -0.467 e. The molecular formula is C30H36O6. The number of rotatable bonds is 11. The Balaban J connectivity index is 1.32. The minimum absolute atomic E-state index is 0.132. The first-order valence-corrected chi connectivity index (χ1v) is 13.0. The molecule has 1 N–H and O–H groups in total. The second-order valence-corrected chi connectivity index (χ2v) is 10.7. The summed E-state index contributed by atoms with van der Waals surface area (Å²) in [4.78, 5) is 12.2. The molecule has 4 aliphatic carbocycles. The topological polar surface area (TPSA) is 74.2 Å². The maximum atomic E-state index is 12.2. The van der Waals surface area contributed by atoms with Gasteiger partial charge in [-0.3, -0.25) is 0 Å². The number of hydrogen-bond donors (Lipinski definition) is 1. The van der Waals surface area contributed by atoms with Gasteiger partial charge in [0.2, 0.25) is 0 Å². The molecule has 4 saturated carbocycles. The van der Waals surface area contributed by atoms with Crippen LogP contribution in [0.4, 0.5) is 0 Å². The molecule has 6 rings (SSSR count). The normalized spacial score (nSPS) is 27.3. The summed E-state index contributed by atoms with van der Waals surface area (Å²) < 4.78 is 22.0. The largest absolute Gasteiger partial charge is 0.467 e. The van der Waals surface area contributed by atoms with Crippen LogP contribution in [0.5, 0.6) is 5.75 Å². The number of aliphatic hydroxyl groups excluding tert-OH is 1. The predicted molar refractivity (Wildman–Crippen MR) is 136 cm³/mol. The summed E-state index contributed by atoms with van der Waals surface area (Å²) in [7, 11) is 1.64. The van der Waals surface area contributed by atoms with Crippen molar-refractivity contribution < 1.29 is 28.8 Å². The van der Waals surface area contributed by atoms with Crippen LogP contribution in [-0.4, -0.2) is 38.2 Å². The van der Waals surface area contributed by atoms with Gasteiger partial charge < -0.3 is 24.1 Å². The zero-order chi connectivity index (χ0) is 25.0. The van der Waals surface area contributed by atoms with E-state index in [-0.39, 0.29) is 12.2 Å². The average molecular weight is 493 g/mol. The molecule has 0 spiro atoms. The van der Waals surface area contributed by atoms with Gasteiger partial charge in [0.1, 0.15) is 11.9 Å². The third-order valence-electron chi connectivity index (χ3n) is 8.13. The number of ether oxygens (including phenoxy) is 4. The number of benzene rings is 2. The lowest BCUT2D eigenvalue weighted by Crippen LogP contribution is -2.48. The van der Waals surface area contributed by atoms with Crippen molar-refractivity contribution in [2.45, 2.75) is 50.0 Å². The number of carbonyl (C=O) groups excluding carboxylic acids is 1. The molecule has 4 bridgehead atoms. The van der Waals surface area contributed by atoms with Crippen LogP contribution in [0.3, 0.4) is 0 Å². The van der Waals surface area contributed by atoms with E-state index in [2.05, 4.69) is 6.07 Å². The third kappa shape index (κ3) is 5.51. The van der Waals surface area contributed by atoms with Crippen molar-refractivity contribution in [1.29, 1.82) is 0 Å². The Kier molecular flexibility index (Phi) is 7.75. The molecule has 36 heavy (non-hydrogen) atoms. The highest BCUT2D eigenvalue weighted by atomic mass is 16.7. The molecule has 4 aliphatic rings. The molecule has 2 aromatic carbocycles. The second kappa shape index (κ2) is 11.2. The Labute approximate surface area is 213 Å². The van der Waals surface area contributed by atoms with Gasteiger partial charge in [0.05, 0.1) is 25.0 Å². The fourth-order valence-corrected chi connectivity index (χ4v) is 6.96. The molecule has 2 aromatic rings. The Morgan fingerprint density at radius 1 is 1.03 bits per heavy atom. The van der Waals surface area contributed by atoms with E-state index in [1.165, 1.54) is 56.4 Å². The smallest absolute Gasteiger partial charge is 0.342 e. The van der Waals surface area contributed by atoms with Gasteiger partial charge in [0.15, 0.2) is 6.79 Å². The third-order valence-corrected chi connectivity index (χ3v) is 8.13. The maximum absolute atomic E-state index is 12.2. The van der Waals surface area contributed by atoms with Crippen molar-refractivity contribution in [1.82, 2.24) is 0 Å². The molecule has 6 heteroatoms. The van der Waals surface area contributed by atoms with Crippen LogP contribution in [0, 0.1) is 17.8 Å². The van der Waals surface area contributed by atoms with Gasteiger partial charge in [-0.25, -0.2) is 4.79 Å². The van der Waals surface area contributed by atoms with Crippen molar-refractivity contribution in [3.05, 3.63) is 77.6 Å². The van der Waals surface area contributed by atoms with Crippen LogP contribution in [0.25, 0.3) is 0 Å². The minimum atomic E-state index is -0.934. The van der Waals surface area contributed by atoms with Crippen LogP contribution in [0.2, 0.25) is 0 Å². The Morgan fingerprint density at radius 2 is 1.72 bits per heavy atom. The fourth-order valence-electron chi connectivity index (χ4n) is 6.96. The van der Waals surface area contributed by atoms with Crippen LogP contribution in [0.15, 0.2) is 60.9 Å². The predicted octanol–water partition coefficient (Wildman–Crippen LogP) is 5.56. The summed E-state index contributed by atoms with van der Waals surface area (Å²) in [6.07, 6.45) is 9.57. The SMILES string of the molecule is COCCOCOc1cc(C(O)C=COC(=O)c2ccccc2)ccc1C12CC3CC(CC(C3)C1)C2. The first-order valence-electron chi connectivity index (χ1n) is 13.0. The molecule has 4 fully saturated rings. The van der Waals surface area contributed by atoms with E-state index in [0.717, 1.165) is 23.5 Å².